The van der Waals surface area contributed by atoms with Crippen LogP contribution in [0, 0.1) is 0 Å². The van der Waals surface area contributed by atoms with Gasteiger partial charge in [0.15, 0.2) is 0 Å². The van der Waals surface area contributed by atoms with Gasteiger partial charge in [0.1, 0.15) is 12.4 Å². The third-order valence-electron chi connectivity index (χ3n) is 4.32. The first-order valence-corrected chi connectivity index (χ1v) is 8.37. The zero-order valence-corrected chi connectivity index (χ0v) is 13.7. The summed E-state index contributed by atoms with van der Waals surface area (Å²) in [6.45, 7) is 3.10. The Hall–Kier alpha value is -2.88. The Kier molecular flexibility index (Phi) is 3.87. The van der Waals surface area contributed by atoms with Crippen molar-refractivity contribution in [3.05, 3.63) is 84.2 Å². The van der Waals surface area contributed by atoms with Gasteiger partial charge in [-0.15, -0.1) is 0 Å². The second-order valence-corrected chi connectivity index (χ2v) is 5.93. The first-order valence-electron chi connectivity index (χ1n) is 8.37. The van der Waals surface area contributed by atoms with E-state index in [4.69, 9.17) is 0 Å². The molecule has 0 radical (unpaired) electrons. The van der Waals surface area contributed by atoms with Gasteiger partial charge in [-0.25, -0.2) is 4.68 Å². The maximum Gasteiger partial charge on any atom is 0.229 e. The lowest BCUT2D eigenvalue weighted by Gasteiger charge is -2.33. The van der Waals surface area contributed by atoms with Crippen LogP contribution in [-0.4, -0.2) is 21.3 Å². The van der Waals surface area contributed by atoms with E-state index in [1.807, 2.05) is 16.8 Å². The second kappa shape index (κ2) is 6.32. The Morgan fingerprint density at radius 3 is 2.38 bits per heavy atom. The molecule has 3 aromatic rings. The molecule has 0 spiro atoms. The molecule has 0 N–H and O–H groups in total. The van der Waals surface area contributed by atoms with Crippen LogP contribution in [0.15, 0.2) is 73.1 Å². The second-order valence-electron chi connectivity index (χ2n) is 5.93. The van der Waals surface area contributed by atoms with Crippen molar-refractivity contribution in [3.63, 3.8) is 0 Å². The van der Waals surface area contributed by atoms with Crippen LogP contribution in [0.2, 0.25) is 0 Å². The third-order valence-corrected chi connectivity index (χ3v) is 4.32. The van der Waals surface area contributed by atoms with Crippen LogP contribution in [0.3, 0.4) is 0 Å². The molecule has 1 aromatic heterocycles. The predicted octanol–water partition coefficient (Wildman–Crippen LogP) is 4.14. The number of aromatic nitrogens is 3. The monoisotopic (exact) mass is 316 g/mol. The maximum absolute atomic E-state index is 4.55. The highest BCUT2D eigenvalue weighted by atomic mass is 15.5. The zero-order valence-electron chi connectivity index (χ0n) is 13.7. The molecular formula is C20H20N4. The van der Waals surface area contributed by atoms with Crippen molar-refractivity contribution < 1.29 is 0 Å². The highest BCUT2D eigenvalue weighted by molar-refractivity contribution is 5.79. The van der Waals surface area contributed by atoms with E-state index in [0.29, 0.717) is 0 Å². The Labute approximate surface area is 142 Å². The molecule has 120 valence electrons. The van der Waals surface area contributed by atoms with Crippen LogP contribution in [-0.2, 0) is 0 Å². The molecule has 0 saturated heterocycles. The van der Waals surface area contributed by atoms with Gasteiger partial charge < -0.3 is 4.90 Å². The van der Waals surface area contributed by atoms with Crippen molar-refractivity contribution in [1.82, 2.24) is 14.8 Å². The van der Waals surface area contributed by atoms with Gasteiger partial charge in [0.25, 0.3) is 0 Å². The van der Waals surface area contributed by atoms with E-state index < -0.39 is 0 Å². The molecule has 4 heteroatoms. The molecule has 0 bridgehead atoms. The molecule has 0 unspecified atom stereocenters. The molecule has 0 saturated carbocycles. The molecule has 2 aromatic carbocycles. The van der Waals surface area contributed by atoms with E-state index in [0.717, 1.165) is 18.9 Å². The fourth-order valence-electron chi connectivity index (χ4n) is 3.24. The summed E-state index contributed by atoms with van der Waals surface area (Å²) in [5.41, 5.74) is 3.63. The quantitative estimate of drug-likeness (QED) is 0.725. The van der Waals surface area contributed by atoms with E-state index in [-0.39, 0.29) is 6.04 Å². The van der Waals surface area contributed by atoms with Crippen molar-refractivity contribution in [2.45, 2.75) is 19.4 Å². The summed E-state index contributed by atoms with van der Waals surface area (Å²) >= 11 is 0. The highest BCUT2D eigenvalue weighted by Crippen LogP contribution is 2.36. The summed E-state index contributed by atoms with van der Waals surface area (Å²) in [6, 6.07) is 21.1. The number of hydrogen-bond donors (Lipinski definition) is 0. The molecule has 1 aliphatic heterocycles. The fourth-order valence-corrected chi connectivity index (χ4v) is 3.24. The molecule has 2 heterocycles. The van der Waals surface area contributed by atoms with Gasteiger partial charge in [0, 0.05) is 12.2 Å². The lowest BCUT2D eigenvalue weighted by Crippen LogP contribution is -2.32. The summed E-state index contributed by atoms with van der Waals surface area (Å²) in [5, 5.41) is 4.49. The minimum absolute atomic E-state index is 0.0620. The van der Waals surface area contributed by atoms with E-state index in [2.05, 4.69) is 76.5 Å². The molecule has 1 atom stereocenters. The van der Waals surface area contributed by atoms with Gasteiger partial charge in [-0.1, -0.05) is 67.6 Å². The SMILES string of the molecule is CCCN1C(c2ccccc2)=C[C@@H](c2ccccc2)n2ncnc21. The summed E-state index contributed by atoms with van der Waals surface area (Å²) in [5.74, 6) is 0.909. The standard InChI is InChI=1S/C20H20N4/c1-2-13-23-18(16-9-5-3-6-10-16)14-19(17-11-7-4-8-12-17)24-20(23)21-15-22-24/h3-12,14-15,19H,2,13H2,1H3/t19-/m0/s1. The molecule has 4 rings (SSSR count). The third kappa shape index (κ3) is 2.50. The number of hydrogen-bond acceptors (Lipinski definition) is 3. The Bertz CT molecular complexity index is 836. The Morgan fingerprint density at radius 2 is 1.67 bits per heavy atom. The molecule has 0 amide bonds. The molecule has 4 nitrogen and oxygen atoms in total. The minimum Gasteiger partial charge on any atom is -0.310 e. The first-order chi connectivity index (χ1) is 11.9. The van der Waals surface area contributed by atoms with Crippen LogP contribution in [0.5, 0.6) is 0 Å². The van der Waals surface area contributed by atoms with Crippen molar-refractivity contribution >= 4 is 11.6 Å². The fraction of sp³-hybridized carbons (Fsp3) is 0.200. The number of benzene rings is 2. The first kappa shape index (κ1) is 14.7. The van der Waals surface area contributed by atoms with Gasteiger partial charge in [0.2, 0.25) is 5.95 Å². The van der Waals surface area contributed by atoms with Gasteiger partial charge in [-0.05, 0) is 23.6 Å². The predicted molar refractivity (Wildman–Crippen MR) is 96.7 cm³/mol. The molecule has 24 heavy (non-hydrogen) atoms. The Morgan fingerprint density at radius 1 is 0.958 bits per heavy atom. The Balaban J connectivity index is 1.87. The smallest absolute Gasteiger partial charge is 0.229 e. The highest BCUT2D eigenvalue weighted by Gasteiger charge is 2.28. The number of rotatable bonds is 4. The molecule has 1 aliphatic rings. The van der Waals surface area contributed by atoms with Gasteiger partial charge in [0.05, 0.1) is 0 Å². The van der Waals surface area contributed by atoms with E-state index in [1.54, 1.807) is 6.33 Å². The minimum atomic E-state index is 0.0620. The van der Waals surface area contributed by atoms with E-state index in [1.165, 1.54) is 16.8 Å². The largest absolute Gasteiger partial charge is 0.310 e. The molecular weight excluding hydrogens is 296 g/mol. The topological polar surface area (TPSA) is 34.0 Å². The molecule has 0 fully saturated rings. The van der Waals surface area contributed by atoms with Crippen molar-refractivity contribution in [2.24, 2.45) is 0 Å². The van der Waals surface area contributed by atoms with Crippen LogP contribution in [0.25, 0.3) is 5.70 Å². The number of fused-ring (bicyclic) bond motifs is 1. The van der Waals surface area contributed by atoms with Crippen molar-refractivity contribution in [3.8, 4) is 0 Å². The van der Waals surface area contributed by atoms with Crippen molar-refractivity contribution in [2.75, 3.05) is 11.4 Å². The average molecular weight is 316 g/mol. The maximum atomic E-state index is 4.55. The molecule has 0 aliphatic carbocycles. The van der Waals surface area contributed by atoms with Crippen LogP contribution < -0.4 is 4.90 Å². The summed E-state index contributed by atoms with van der Waals surface area (Å²) < 4.78 is 2.01. The van der Waals surface area contributed by atoms with Gasteiger partial charge in [-0.3, -0.25) is 0 Å². The van der Waals surface area contributed by atoms with Crippen LogP contribution >= 0.6 is 0 Å². The number of allylic oxidation sites excluding steroid dienone is 1. The van der Waals surface area contributed by atoms with E-state index in [9.17, 15) is 0 Å². The lowest BCUT2D eigenvalue weighted by molar-refractivity contribution is 0.590. The summed E-state index contributed by atoms with van der Waals surface area (Å²) in [4.78, 5) is 6.81. The van der Waals surface area contributed by atoms with Gasteiger partial charge >= 0.3 is 0 Å². The van der Waals surface area contributed by atoms with Gasteiger partial charge in [-0.2, -0.15) is 10.1 Å². The number of anilines is 1. The van der Waals surface area contributed by atoms with Crippen LogP contribution in [0.1, 0.15) is 30.5 Å². The lowest BCUT2D eigenvalue weighted by atomic mass is 10.0. The number of nitrogens with zero attached hydrogens (tertiary/aromatic N) is 4. The summed E-state index contributed by atoms with van der Waals surface area (Å²) in [7, 11) is 0. The van der Waals surface area contributed by atoms with Crippen molar-refractivity contribution in [1.29, 1.82) is 0 Å². The average Bonchev–Trinajstić information content (AvgIpc) is 3.13. The van der Waals surface area contributed by atoms with Crippen LogP contribution in [0.4, 0.5) is 5.95 Å². The normalized spacial score (nSPS) is 16.6. The van der Waals surface area contributed by atoms with E-state index >= 15 is 0 Å². The summed E-state index contributed by atoms with van der Waals surface area (Å²) in [6.07, 6.45) is 4.99. The zero-order chi connectivity index (χ0) is 16.4.